The lowest BCUT2D eigenvalue weighted by Gasteiger charge is -2.39. The molecule has 23 heavy (non-hydrogen) atoms. The Balaban J connectivity index is 1.76. The number of nitrogens with zero attached hydrogens (tertiary/aromatic N) is 1. The van der Waals surface area contributed by atoms with Gasteiger partial charge in [-0.3, -0.25) is 9.59 Å². The summed E-state index contributed by atoms with van der Waals surface area (Å²) in [6.45, 7) is 2.83. The van der Waals surface area contributed by atoms with Crippen LogP contribution < -0.4 is 5.32 Å². The Bertz CT molecular complexity index is 578. The van der Waals surface area contributed by atoms with E-state index in [1.807, 2.05) is 38.2 Å². The van der Waals surface area contributed by atoms with Gasteiger partial charge in [0, 0.05) is 20.0 Å². The van der Waals surface area contributed by atoms with Crippen LogP contribution in [0.4, 0.5) is 0 Å². The lowest BCUT2D eigenvalue weighted by Crippen LogP contribution is -2.47. The summed E-state index contributed by atoms with van der Waals surface area (Å²) in [5.41, 5.74) is 2.24. The van der Waals surface area contributed by atoms with Crippen LogP contribution in [0.2, 0.25) is 0 Å². The van der Waals surface area contributed by atoms with Gasteiger partial charge in [-0.1, -0.05) is 36.2 Å². The van der Waals surface area contributed by atoms with Gasteiger partial charge in [-0.15, -0.1) is 0 Å². The molecule has 0 spiro atoms. The fourth-order valence-electron chi connectivity index (χ4n) is 3.61. The Kier molecular flexibility index (Phi) is 4.69. The number of benzene rings is 1. The number of hydrogen-bond donors (Lipinski definition) is 1. The fraction of sp³-hybridized carbons (Fsp3) is 0.579. The molecule has 2 fully saturated rings. The van der Waals surface area contributed by atoms with Crippen LogP contribution in [0.5, 0.6) is 0 Å². The summed E-state index contributed by atoms with van der Waals surface area (Å²) in [5.74, 6) is 0.723. The Labute approximate surface area is 138 Å². The number of hydrogen-bond acceptors (Lipinski definition) is 2. The zero-order valence-electron chi connectivity index (χ0n) is 14.0. The van der Waals surface area contributed by atoms with Crippen molar-refractivity contribution in [2.24, 2.45) is 11.8 Å². The minimum Gasteiger partial charge on any atom is -0.356 e. The molecule has 1 aromatic rings. The summed E-state index contributed by atoms with van der Waals surface area (Å²) in [4.78, 5) is 26.6. The molecule has 2 amide bonds. The predicted molar refractivity (Wildman–Crippen MR) is 89.8 cm³/mol. The molecule has 4 heteroatoms. The molecule has 1 heterocycles. The van der Waals surface area contributed by atoms with E-state index in [0.29, 0.717) is 18.8 Å². The monoisotopic (exact) mass is 314 g/mol. The highest BCUT2D eigenvalue weighted by molar-refractivity contribution is 5.84. The van der Waals surface area contributed by atoms with Crippen LogP contribution in [-0.2, 0) is 9.59 Å². The van der Waals surface area contributed by atoms with Gasteiger partial charge in [0.1, 0.15) is 0 Å². The molecular weight excluding hydrogens is 288 g/mol. The SMILES string of the molecule is Cc1ccc(C2C(C(=O)NCC3CCC3)CCC(=O)N2C)cc1. The normalized spacial score (nSPS) is 25.1. The minimum atomic E-state index is -0.154. The second-order valence-corrected chi connectivity index (χ2v) is 7.05. The zero-order valence-corrected chi connectivity index (χ0v) is 14.0. The lowest BCUT2D eigenvalue weighted by molar-refractivity contribution is -0.141. The van der Waals surface area contributed by atoms with Crippen LogP contribution in [0.15, 0.2) is 24.3 Å². The third-order valence-electron chi connectivity index (χ3n) is 5.41. The first kappa shape index (κ1) is 16.0. The van der Waals surface area contributed by atoms with Gasteiger partial charge in [0.15, 0.2) is 0 Å². The number of aryl methyl sites for hydroxylation is 1. The summed E-state index contributed by atoms with van der Waals surface area (Å²) in [7, 11) is 1.82. The van der Waals surface area contributed by atoms with Crippen LogP contribution in [0.25, 0.3) is 0 Å². The Morgan fingerprint density at radius 2 is 1.91 bits per heavy atom. The second kappa shape index (κ2) is 6.73. The first-order valence-corrected chi connectivity index (χ1v) is 8.66. The number of carbonyl (C=O) groups is 2. The number of amides is 2. The van der Waals surface area contributed by atoms with Crippen molar-refractivity contribution in [2.45, 2.75) is 45.1 Å². The van der Waals surface area contributed by atoms with Crippen molar-refractivity contribution in [3.63, 3.8) is 0 Å². The number of carbonyl (C=O) groups excluding carboxylic acids is 2. The molecule has 0 radical (unpaired) electrons. The van der Waals surface area contributed by atoms with Gasteiger partial charge in [0.25, 0.3) is 0 Å². The van der Waals surface area contributed by atoms with Gasteiger partial charge < -0.3 is 10.2 Å². The van der Waals surface area contributed by atoms with E-state index in [1.165, 1.54) is 24.8 Å². The molecule has 1 aromatic carbocycles. The average Bonchev–Trinajstić information content (AvgIpc) is 2.49. The molecule has 2 atom stereocenters. The molecule has 2 aliphatic rings. The van der Waals surface area contributed by atoms with E-state index in [2.05, 4.69) is 5.32 Å². The molecule has 1 N–H and O–H groups in total. The first-order valence-electron chi connectivity index (χ1n) is 8.66. The maximum atomic E-state index is 12.7. The van der Waals surface area contributed by atoms with Gasteiger partial charge in [-0.2, -0.15) is 0 Å². The number of nitrogens with one attached hydrogen (secondary N) is 1. The van der Waals surface area contributed by atoms with Gasteiger partial charge in [0.2, 0.25) is 11.8 Å². The van der Waals surface area contributed by atoms with E-state index in [4.69, 9.17) is 0 Å². The van der Waals surface area contributed by atoms with Crippen LogP contribution in [0.3, 0.4) is 0 Å². The molecular formula is C19H26N2O2. The highest BCUT2D eigenvalue weighted by Crippen LogP contribution is 2.36. The van der Waals surface area contributed by atoms with Crippen LogP contribution >= 0.6 is 0 Å². The highest BCUT2D eigenvalue weighted by Gasteiger charge is 2.38. The molecule has 2 unspecified atom stereocenters. The van der Waals surface area contributed by atoms with Crippen molar-refractivity contribution in [2.75, 3.05) is 13.6 Å². The summed E-state index contributed by atoms with van der Waals surface area (Å²) in [6, 6.07) is 8.03. The van der Waals surface area contributed by atoms with Crippen molar-refractivity contribution in [1.82, 2.24) is 10.2 Å². The highest BCUT2D eigenvalue weighted by atomic mass is 16.2. The zero-order chi connectivity index (χ0) is 16.4. The maximum Gasteiger partial charge on any atom is 0.225 e. The standard InChI is InChI=1S/C19H26N2O2/c1-13-6-8-15(9-7-13)18-16(10-11-17(22)21(18)2)19(23)20-12-14-4-3-5-14/h6-9,14,16,18H,3-5,10-12H2,1-2H3,(H,20,23). The molecule has 124 valence electrons. The number of piperidine rings is 1. The third kappa shape index (κ3) is 3.41. The molecule has 1 aliphatic carbocycles. The average molecular weight is 314 g/mol. The van der Waals surface area contributed by atoms with Gasteiger partial charge >= 0.3 is 0 Å². The molecule has 1 saturated heterocycles. The molecule has 0 bridgehead atoms. The Morgan fingerprint density at radius 3 is 2.52 bits per heavy atom. The first-order chi connectivity index (χ1) is 11.1. The Morgan fingerprint density at radius 1 is 1.22 bits per heavy atom. The van der Waals surface area contributed by atoms with Crippen molar-refractivity contribution < 1.29 is 9.59 Å². The summed E-state index contributed by atoms with van der Waals surface area (Å²) >= 11 is 0. The van der Waals surface area contributed by atoms with E-state index in [1.54, 1.807) is 4.90 Å². The van der Waals surface area contributed by atoms with Crippen LogP contribution in [-0.4, -0.2) is 30.3 Å². The molecule has 1 aliphatic heterocycles. The fourth-order valence-corrected chi connectivity index (χ4v) is 3.61. The predicted octanol–water partition coefficient (Wildman–Crippen LogP) is 2.82. The minimum absolute atomic E-state index is 0.0989. The summed E-state index contributed by atoms with van der Waals surface area (Å²) in [6.07, 6.45) is 4.83. The molecule has 4 nitrogen and oxygen atoms in total. The maximum absolute atomic E-state index is 12.7. The van der Waals surface area contributed by atoms with E-state index >= 15 is 0 Å². The lowest BCUT2D eigenvalue weighted by atomic mass is 9.82. The van der Waals surface area contributed by atoms with E-state index in [9.17, 15) is 9.59 Å². The second-order valence-electron chi connectivity index (χ2n) is 7.05. The van der Waals surface area contributed by atoms with E-state index in [0.717, 1.165) is 12.1 Å². The van der Waals surface area contributed by atoms with Crippen molar-refractivity contribution in [3.8, 4) is 0 Å². The van der Waals surface area contributed by atoms with E-state index < -0.39 is 0 Å². The Hall–Kier alpha value is -1.84. The number of likely N-dealkylation sites (tertiary alicyclic amines) is 1. The van der Waals surface area contributed by atoms with Crippen molar-refractivity contribution in [3.05, 3.63) is 35.4 Å². The molecule has 3 rings (SSSR count). The van der Waals surface area contributed by atoms with Gasteiger partial charge in [-0.25, -0.2) is 0 Å². The number of rotatable bonds is 4. The summed E-state index contributed by atoms with van der Waals surface area (Å²) < 4.78 is 0. The van der Waals surface area contributed by atoms with Crippen molar-refractivity contribution >= 4 is 11.8 Å². The van der Waals surface area contributed by atoms with Gasteiger partial charge in [0.05, 0.1) is 12.0 Å². The van der Waals surface area contributed by atoms with E-state index in [-0.39, 0.29) is 23.8 Å². The van der Waals surface area contributed by atoms with Gasteiger partial charge in [-0.05, 0) is 37.7 Å². The van der Waals surface area contributed by atoms with Crippen molar-refractivity contribution in [1.29, 1.82) is 0 Å². The topological polar surface area (TPSA) is 49.4 Å². The summed E-state index contributed by atoms with van der Waals surface area (Å²) in [5, 5.41) is 3.12. The third-order valence-corrected chi connectivity index (χ3v) is 5.41. The van der Waals surface area contributed by atoms with Crippen LogP contribution in [0, 0.1) is 18.8 Å². The molecule has 1 saturated carbocycles. The largest absolute Gasteiger partial charge is 0.356 e. The smallest absolute Gasteiger partial charge is 0.225 e. The molecule has 0 aromatic heterocycles. The van der Waals surface area contributed by atoms with Crippen LogP contribution in [0.1, 0.15) is 49.3 Å². The quantitative estimate of drug-likeness (QED) is 0.929.